The number of hydrogen-bond acceptors (Lipinski definition) is 7. The SMILES string of the molecule is Cn1c(SCc2nc(-c3ccccc3Cl)no2)nnc1-c1ccco1. The second kappa shape index (κ2) is 6.73. The standard InChI is InChI=1S/C16H12ClN5O2S/c1-22-15(12-7-4-8-23-12)19-20-16(22)25-9-13-18-14(21-24-13)10-5-2-3-6-11(10)17/h2-8H,9H2,1H3. The van der Waals surface area contributed by atoms with Gasteiger partial charge in [0.25, 0.3) is 0 Å². The minimum atomic E-state index is 0.468. The maximum absolute atomic E-state index is 6.16. The van der Waals surface area contributed by atoms with Crippen molar-refractivity contribution >= 4 is 23.4 Å². The number of rotatable bonds is 5. The molecular formula is C16H12ClN5O2S. The van der Waals surface area contributed by atoms with Gasteiger partial charge in [-0.2, -0.15) is 4.98 Å². The highest BCUT2D eigenvalue weighted by molar-refractivity contribution is 7.98. The lowest BCUT2D eigenvalue weighted by Gasteiger charge is -2.00. The van der Waals surface area contributed by atoms with Crippen molar-refractivity contribution < 1.29 is 8.94 Å². The van der Waals surface area contributed by atoms with Gasteiger partial charge in [-0.25, -0.2) is 0 Å². The average molecular weight is 374 g/mol. The van der Waals surface area contributed by atoms with Crippen LogP contribution in [0.25, 0.3) is 23.0 Å². The summed E-state index contributed by atoms with van der Waals surface area (Å²) >= 11 is 7.61. The molecule has 0 saturated heterocycles. The summed E-state index contributed by atoms with van der Waals surface area (Å²) < 4.78 is 12.5. The molecule has 0 unspecified atom stereocenters. The minimum Gasteiger partial charge on any atom is -0.461 e. The first-order chi connectivity index (χ1) is 12.2. The Kier molecular flexibility index (Phi) is 4.29. The first kappa shape index (κ1) is 15.9. The number of aromatic nitrogens is 5. The van der Waals surface area contributed by atoms with E-state index in [-0.39, 0.29) is 0 Å². The predicted molar refractivity (Wildman–Crippen MR) is 93.0 cm³/mol. The van der Waals surface area contributed by atoms with Gasteiger partial charge in [-0.15, -0.1) is 10.2 Å². The average Bonchev–Trinajstić information content (AvgIpc) is 3.34. The number of furan rings is 1. The number of nitrogens with zero attached hydrogens (tertiary/aromatic N) is 5. The number of thioether (sulfide) groups is 1. The monoisotopic (exact) mass is 373 g/mol. The molecule has 1 aromatic carbocycles. The number of benzene rings is 1. The number of hydrogen-bond donors (Lipinski definition) is 0. The second-order valence-corrected chi connectivity index (χ2v) is 6.47. The van der Waals surface area contributed by atoms with Crippen molar-refractivity contribution in [3.63, 3.8) is 0 Å². The van der Waals surface area contributed by atoms with E-state index in [0.29, 0.717) is 34.1 Å². The largest absolute Gasteiger partial charge is 0.461 e. The van der Waals surface area contributed by atoms with Crippen molar-refractivity contribution in [1.29, 1.82) is 0 Å². The third-order valence-corrected chi connectivity index (χ3v) is 4.82. The molecular weight excluding hydrogens is 362 g/mol. The van der Waals surface area contributed by atoms with Crippen molar-refractivity contribution in [2.45, 2.75) is 10.9 Å². The highest BCUT2D eigenvalue weighted by Gasteiger charge is 2.16. The maximum Gasteiger partial charge on any atom is 0.237 e. The van der Waals surface area contributed by atoms with Crippen LogP contribution in [0, 0.1) is 0 Å². The van der Waals surface area contributed by atoms with Gasteiger partial charge in [0.2, 0.25) is 11.7 Å². The highest BCUT2D eigenvalue weighted by atomic mass is 35.5. The molecule has 0 aliphatic heterocycles. The zero-order valence-corrected chi connectivity index (χ0v) is 14.7. The summed E-state index contributed by atoms with van der Waals surface area (Å²) in [5.41, 5.74) is 0.739. The van der Waals surface area contributed by atoms with Crippen molar-refractivity contribution in [3.8, 4) is 23.0 Å². The molecule has 7 nitrogen and oxygen atoms in total. The maximum atomic E-state index is 6.16. The lowest BCUT2D eigenvalue weighted by atomic mass is 10.2. The van der Waals surface area contributed by atoms with Gasteiger partial charge >= 0.3 is 0 Å². The van der Waals surface area contributed by atoms with Gasteiger partial charge < -0.3 is 13.5 Å². The van der Waals surface area contributed by atoms with Gasteiger partial charge in [0, 0.05) is 12.6 Å². The summed E-state index contributed by atoms with van der Waals surface area (Å²) in [5.74, 6) is 2.76. The third-order valence-electron chi connectivity index (χ3n) is 3.48. The van der Waals surface area contributed by atoms with Gasteiger partial charge in [0.1, 0.15) is 0 Å². The molecule has 126 valence electrons. The third kappa shape index (κ3) is 3.18. The van der Waals surface area contributed by atoms with E-state index < -0.39 is 0 Å². The Balaban J connectivity index is 1.49. The van der Waals surface area contributed by atoms with Crippen LogP contribution in [0.5, 0.6) is 0 Å². The van der Waals surface area contributed by atoms with E-state index in [9.17, 15) is 0 Å². The van der Waals surface area contributed by atoms with Crippen LogP contribution in [-0.2, 0) is 12.8 Å². The first-order valence-electron chi connectivity index (χ1n) is 7.36. The van der Waals surface area contributed by atoms with Crippen molar-refractivity contribution in [1.82, 2.24) is 24.9 Å². The molecule has 0 bridgehead atoms. The van der Waals surface area contributed by atoms with E-state index in [1.165, 1.54) is 11.8 Å². The topological polar surface area (TPSA) is 82.8 Å². The summed E-state index contributed by atoms with van der Waals surface area (Å²) in [6.07, 6.45) is 1.60. The quantitative estimate of drug-likeness (QED) is 0.487. The van der Waals surface area contributed by atoms with Crippen LogP contribution in [-0.4, -0.2) is 24.9 Å². The molecule has 0 aliphatic carbocycles. The van der Waals surface area contributed by atoms with Crippen LogP contribution in [0.2, 0.25) is 5.02 Å². The molecule has 3 aromatic heterocycles. The van der Waals surface area contributed by atoms with Crippen LogP contribution in [0.1, 0.15) is 5.89 Å². The van der Waals surface area contributed by atoms with Gasteiger partial charge in [0.05, 0.1) is 17.0 Å². The molecule has 0 spiro atoms. The summed E-state index contributed by atoms with van der Waals surface area (Å²) in [4.78, 5) is 4.38. The van der Waals surface area contributed by atoms with E-state index in [1.807, 2.05) is 41.9 Å². The van der Waals surface area contributed by atoms with Crippen molar-refractivity contribution in [2.75, 3.05) is 0 Å². The summed E-state index contributed by atoms with van der Waals surface area (Å²) in [5, 5.41) is 13.6. The lowest BCUT2D eigenvalue weighted by molar-refractivity contribution is 0.391. The minimum absolute atomic E-state index is 0.468. The molecule has 0 fully saturated rings. The fourth-order valence-electron chi connectivity index (χ4n) is 2.25. The molecule has 0 N–H and O–H groups in total. The van der Waals surface area contributed by atoms with E-state index in [0.717, 1.165) is 10.7 Å². The van der Waals surface area contributed by atoms with Crippen molar-refractivity contribution in [2.24, 2.45) is 7.05 Å². The van der Waals surface area contributed by atoms with Gasteiger partial charge in [-0.1, -0.05) is 40.7 Å². The Bertz CT molecular complexity index is 996. The summed E-state index contributed by atoms with van der Waals surface area (Å²) in [6.45, 7) is 0. The molecule has 4 rings (SSSR count). The molecule has 0 aliphatic rings. The molecule has 3 heterocycles. The van der Waals surface area contributed by atoms with Crippen molar-refractivity contribution in [3.05, 3.63) is 53.6 Å². The molecule has 25 heavy (non-hydrogen) atoms. The van der Waals surface area contributed by atoms with Gasteiger partial charge in [0.15, 0.2) is 16.7 Å². The van der Waals surface area contributed by atoms with Gasteiger partial charge in [-0.05, 0) is 24.3 Å². The van der Waals surface area contributed by atoms with Crippen LogP contribution in [0.15, 0.2) is 56.8 Å². The lowest BCUT2D eigenvalue weighted by Crippen LogP contribution is -1.94. The van der Waals surface area contributed by atoms with Crippen LogP contribution < -0.4 is 0 Å². The Morgan fingerprint density at radius 3 is 2.84 bits per heavy atom. The molecule has 9 heteroatoms. The summed E-state index contributed by atoms with van der Waals surface area (Å²) in [6, 6.07) is 11.0. The Hall–Kier alpha value is -2.58. The van der Waals surface area contributed by atoms with Crippen LogP contribution >= 0.6 is 23.4 Å². The Morgan fingerprint density at radius 2 is 2.04 bits per heavy atom. The smallest absolute Gasteiger partial charge is 0.237 e. The molecule has 0 amide bonds. The zero-order chi connectivity index (χ0) is 17.2. The molecule has 0 atom stereocenters. The van der Waals surface area contributed by atoms with Gasteiger partial charge in [-0.3, -0.25) is 0 Å². The highest BCUT2D eigenvalue weighted by Crippen LogP contribution is 2.28. The molecule has 0 saturated carbocycles. The fourth-order valence-corrected chi connectivity index (χ4v) is 3.22. The predicted octanol–water partition coefficient (Wildman–Crippen LogP) is 4.07. The Morgan fingerprint density at radius 1 is 1.16 bits per heavy atom. The van der Waals surface area contributed by atoms with Crippen LogP contribution in [0.3, 0.4) is 0 Å². The van der Waals surface area contributed by atoms with Crippen LogP contribution in [0.4, 0.5) is 0 Å². The van der Waals surface area contributed by atoms with E-state index in [4.69, 9.17) is 20.5 Å². The second-order valence-electron chi connectivity index (χ2n) is 5.12. The van der Waals surface area contributed by atoms with E-state index >= 15 is 0 Å². The van der Waals surface area contributed by atoms with E-state index in [2.05, 4.69) is 20.3 Å². The zero-order valence-electron chi connectivity index (χ0n) is 13.1. The summed E-state index contributed by atoms with van der Waals surface area (Å²) in [7, 11) is 1.88. The Labute approximate surface area is 152 Å². The normalized spacial score (nSPS) is 11.1. The fraction of sp³-hybridized carbons (Fsp3) is 0.125. The molecule has 4 aromatic rings. The number of halogens is 1. The molecule has 0 radical (unpaired) electrons. The first-order valence-corrected chi connectivity index (χ1v) is 8.72. The van der Waals surface area contributed by atoms with E-state index in [1.54, 1.807) is 12.3 Å².